The van der Waals surface area contributed by atoms with Crippen LogP contribution >= 0.6 is 0 Å². The van der Waals surface area contributed by atoms with Crippen LogP contribution in [0.15, 0.2) is 124 Å². The van der Waals surface area contributed by atoms with E-state index in [0.717, 1.165) is 133 Å². The smallest absolute Gasteiger partial charge is 0.218 e. The largest absolute Gasteiger partial charge is 0.393 e. The standard InChI is InChI=1S/C17H20FN3O2.4C17H20FN3O/c18-17-16-12(5-6-20-17)14-8-19-9-21(14)13(16)7-15(23)10-1-3-11(22)4-2-10;4*18-17-16-12(6-7-20-17)14-9-19-10-21(14)13(16)8-15(22)11-4-2-1-3-5-11/h5-6,8-11,13,15,22-23H,1-4,7H2;4*6-7,9-11,13,15,22H,1-5,8H2. The monoisotopic (exact) mass is 1520 g/mol. The summed E-state index contributed by atoms with van der Waals surface area (Å²) >= 11 is 0. The highest BCUT2D eigenvalue weighted by molar-refractivity contribution is 5.72. The zero-order chi connectivity index (χ0) is 76.4. The van der Waals surface area contributed by atoms with E-state index >= 15 is 0 Å². The molecular weight excluding hydrogens is 1420 g/mol. The van der Waals surface area contributed by atoms with Gasteiger partial charge in [0.05, 0.1) is 158 Å². The Labute approximate surface area is 642 Å². The van der Waals surface area contributed by atoms with Gasteiger partial charge in [-0.05, 0) is 169 Å². The molecule has 10 atom stereocenters. The first-order chi connectivity index (χ1) is 54.2. The average molecular weight is 1520 g/mol. The van der Waals surface area contributed by atoms with Crippen molar-refractivity contribution in [2.75, 3.05) is 0 Å². The molecule has 20 rings (SSSR count). The quantitative estimate of drug-likeness (QED) is 0.0411. The van der Waals surface area contributed by atoms with Crippen LogP contribution in [0.4, 0.5) is 22.0 Å². The van der Waals surface area contributed by atoms with Crippen LogP contribution in [0.25, 0.3) is 56.3 Å². The summed E-state index contributed by atoms with van der Waals surface area (Å²) in [6.45, 7) is 0. The Hall–Kier alpha value is -8.79. The van der Waals surface area contributed by atoms with Crippen molar-refractivity contribution in [3.63, 3.8) is 0 Å². The fourth-order valence-corrected chi connectivity index (χ4v) is 20.3. The van der Waals surface area contributed by atoms with Crippen LogP contribution < -0.4 is 0 Å². The van der Waals surface area contributed by atoms with Gasteiger partial charge in [0.25, 0.3) is 0 Å². The van der Waals surface area contributed by atoms with Gasteiger partial charge in [-0.15, -0.1) is 0 Å². The maximum Gasteiger partial charge on any atom is 0.218 e. The zero-order valence-electron chi connectivity index (χ0n) is 62.6. The number of rotatable bonds is 15. The lowest BCUT2D eigenvalue weighted by atomic mass is 9.81. The molecule has 5 aliphatic carbocycles. The molecule has 0 spiro atoms. The number of aliphatic hydroxyl groups excluding tert-OH is 6. The molecule has 6 N–H and O–H groups in total. The topological polar surface area (TPSA) is 275 Å². The first-order valence-corrected chi connectivity index (χ1v) is 40.6. The van der Waals surface area contributed by atoms with E-state index in [0.29, 0.717) is 83.6 Å². The van der Waals surface area contributed by atoms with Crippen LogP contribution in [0, 0.1) is 59.3 Å². The number of aromatic nitrogens is 15. The van der Waals surface area contributed by atoms with Crippen molar-refractivity contribution in [1.82, 2.24) is 72.7 Å². The van der Waals surface area contributed by atoms with Gasteiger partial charge in [-0.25, -0.2) is 49.8 Å². The summed E-state index contributed by atoms with van der Waals surface area (Å²) in [7, 11) is 0. The fourth-order valence-electron chi connectivity index (χ4n) is 20.3. The lowest BCUT2D eigenvalue weighted by Gasteiger charge is -2.31. The number of pyridine rings is 5. The first-order valence-electron chi connectivity index (χ1n) is 40.6. The molecule has 5 saturated carbocycles. The number of halogens is 5. The van der Waals surface area contributed by atoms with Crippen molar-refractivity contribution in [2.45, 2.75) is 253 Å². The van der Waals surface area contributed by atoms with Gasteiger partial charge in [0.15, 0.2) is 0 Å². The van der Waals surface area contributed by atoms with Gasteiger partial charge >= 0.3 is 0 Å². The first kappa shape index (κ1) is 76.2. The van der Waals surface area contributed by atoms with E-state index in [1.807, 2.05) is 47.1 Å². The second-order valence-corrected chi connectivity index (χ2v) is 32.5. The molecule has 10 unspecified atom stereocenters. The average Bonchev–Trinajstić information content (AvgIpc) is 1.63. The van der Waals surface area contributed by atoms with Gasteiger partial charge in [-0.1, -0.05) is 77.0 Å². The predicted molar refractivity (Wildman–Crippen MR) is 405 cm³/mol. The summed E-state index contributed by atoms with van der Waals surface area (Å²) in [6.07, 6.45) is 51.3. The highest BCUT2D eigenvalue weighted by Gasteiger charge is 2.42. The molecule has 10 aromatic heterocycles. The predicted octanol–water partition coefficient (Wildman–Crippen LogP) is 15.6. The van der Waals surface area contributed by atoms with Gasteiger partial charge in [0, 0.05) is 86.6 Å². The van der Waals surface area contributed by atoms with E-state index < -0.39 is 60.3 Å². The molecule has 26 heteroatoms. The fraction of sp³-hybridized carbons (Fsp3) is 0.529. The van der Waals surface area contributed by atoms with Crippen molar-refractivity contribution >= 4 is 0 Å². The zero-order valence-corrected chi connectivity index (χ0v) is 62.6. The molecule has 0 saturated heterocycles. The SMILES string of the molecule is OC(CC1c2c(ccnc2F)-c2cncn21)C1CCCCC1.OC(CC1c2c(ccnc2F)-c2cncn21)C1CCCCC1.OC(CC1c2c(ccnc2F)-c2cncn21)C1CCCCC1.OC(CC1c2c(ccnc2F)-c2cncn21)C1CCCCC1.OC1CCC(C(O)CC2c3c(ccnc3F)-c3cncn32)CC1. The summed E-state index contributed by atoms with van der Waals surface area (Å²) < 4.78 is 81.1. The maximum absolute atomic E-state index is 14.3. The number of imidazole rings is 5. The van der Waals surface area contributed by atoms with Crippen LogP contribution in [0.5, 0.6) is 0 Å². The Bertz CT molecular complexity index is 4330. The minimum atomic E-state index is -0.520. The molecule has 111 heavy (non-hydrogen) atoms. The number of aliphatic hydroxyl groups is 6. The molecule has 0 aromatic carbocycles. The molecule has 586 valence electrons. The minimum Gasteiger partial charge on any atom is -0.393 e. The van der Waals surface area contributed by atoms with E-state index in [9.17, 15) is 52.6 Å². The Morgan fingerprint density at radius 1 is 0.279 bits per heavy atom. The van der Waals surface area contributed by atoms with Crippen LogP contribution in [-0.4, -0.2) is 140 Å². The Morgan fingerprint density at radius 3 is 0.667 bits per heavy atom. The third-order valence-electron chi connectivity index (χ3n) is 26.1. The molecule has 0 radical (unpaired) electrons. The van der Waals surface area contributed by atoms with E-state index in [1.165, 1.54) is 108 Å². The highest BCUT2D eigenvalue weighted by atomic mass is 19.1. The lowest BCUT2D eigenvalue weighted by molar-refractivity contribution is 0.0327. The Kier molecular flexibility index (Phi) is 23.3. The van der Waals surface area contributed by atoms with E-state index in [-0.39, 0.29) is 42.2 Å². The van der Waals surface area contributed by atoms with E-state index in [2.05, 4.69) is 49.8 Å². The molecule has 10 aliphatic rings. The van der Waals surface area contributed by atoms with Crippen molar-refractivity contribution in [3.8, 4) is 56.3 Å². The number of fused-ring (bicyclic) bond motifs is 15. The minimum absolute atomic E-state index is 0.161. The number of nitrogens with zero attached hydrogens (tertiary/aromatic N) is 15. The van der Waals surface area contributed by atoms with Gasteiger partial charge in [0.1, 0.15) is 0 Å². The van der Waals surface area contributed by atoms with Crippen molar-refractivity contribution in [3.05, 3.63) is 181 Å². The van der Waals surface area contributed by atoms with Crippen LogP contribution in [0.1, 0.15) is 244 Å². The molecule has 21 nitrogen and oxygen atoms in total. The summed E-state index contributed by atoms with van der Waals surface area (Å²) in [5.41, 5.74) is 11.7. The molecule has 0 bridgehead atoms. The third kappa shape index (κ3) is 15.5. The summed E-state index contributed by atoms with van der Waals surface area (Å²) in [5.74, 6) is -0.673. The highest BCUT2D eigenvalue weighted by Crippen LogP contribution is 2.50. The molecular formula is C85H100F5N15O6. The van der Waals surface area contributed by atoms with Crippen molar-refractivity contribution < 1.29 is 52.6 Å². The molecule has 15 heterocycles. The Morgan fingerprint density at radius 2 is 0.468 bits per heavy atom. The van der Waals surface area contributed by atoms with Crippen LogP contribution in [-0.2, 0) is 0 Å². The Balaban J connectivity index is 0.000000105. The number of hydrogen-bond donors (Lipinski definition) is 6. The second-order valence-electron chi connectivity index (χ2n) is 32.5. The third-order valence-corrected chi connectivity index (χ3v) is 26.1. The van der Waals surface area contributed by atoms with Gasteiger partial charge in [-0.2, -0.15) is 22.0 Å². The van der Waals surface area contributed by atoms with Crippen molar-refractivity contribution in [1.29, 1.82) is 0 Å². The molecule has 5 aliphatic heterocycles. The maximum atomic E-state index is 14.3. The summed E-state index contributed by atoms with van der Waals surface area (Å²) in [4.78, 5) is 39.9. The van der Waals surface area contributed by atoms with E-state index in [1.54, 1.807) is 68.7 Å². The van der Waals surface area contributed by atoms with Crippen molar-refractivity contribution in [2.24, 2.45) is 29.6 Å². The van der Waals surface area contributed by atoms with Gasteiger partial charge in [-0.3, -0.25) is 0 Å². The van der Waals surface area contributed by atoms with E-state index in [4.69, 9.17) is 0 Å². The molecule has 0 amide bonds. The van der Waals surface area contributed by atoms with Gasteiger partial charge < -0.3 is 53.5 Å². The normalized spacial score (nSPS) is 23.4. The lowest BCUT2D eigenvalue weighted by Crippen LogP contribution is -2.29. The molecule has 5 fully saturated rings. The second kappa shape index (κ2) is 33.9. The van der Waals surface area contributed by atoms with Crippen LogP contribution in [0.2, 0.25) is 0 Å². The molecule has 10 aromatic rings. The summed E-state index contributed by atoms with van der Waals surface area (Å²) in [6, 6.07) is 8.08. The summed E-state index contributed by atoms with van der Waals surface area (Å²) in [5, 5.41) is 62.8. The number of hydrogen-bond acceptors (Lipinski definition) is 16. The van der Waals surface area contributed by atoms with Crippen LogP contribution in [0.3, 0.4) is 0 Å². The van der Waals surface area contributed by atoms with Gasteiger partial charge in [0.2, 0.25) is 29.7 Å².